The lowest BCUT2D eigenvalue weighted by molar-refractivity contribution is -0.599. The van der Waals surface area contributed by atoms with Crippen LogP contribution < -0.4 is 5.84 Å². The Kier molecular flexibility index (Phi) is 2.71. The Bertz CT molecular complexity index is 36.2. The highest BCUT2D eigenvalue weighted by Gasteiger charge is 1.95. The van der Waals surface area contributed by atoms with Crippen LogP contribution in [0.1, 0.15) is 0 Å². The van der Waals surface area contributed by atoms with Gasteiger partial charge in [-0.3, -0.25) is 15.6 Å². The molecule has 0 amide bonds. The van der Waals surface area contributed by atoms with Crippen molar-refractivity contribution in [3.63, 3.8) is 0 Å². The van der Waals surface area contributed by atoms with Crippen LogP contribution in [-0.2, 0) is 4.94 Å². The number of nitrogens with two attached hydrogens (primary N) is 1. The van der Waals surface area contributed by atoms with Crippen molar-refractivity contribution in [1.82, 2.24) is 10.7 Å². The number of hydrazine groups is 1. The van der Waals surface area contributed by atoms with Crippen molar-refractivity contribution in [2.45, 2.75) is 0 Å². The van der Waals surface area contributed by atoms with Crippen molar-refractivity contribution in [1.29, 1.82) is 0 Å². The van der Waals surface area contributed by atoms with Gasteiger partial charge in [0.25, 0.3) is 0 Å². The third-order valence-corrected chi connectivity index (χ3v) is 0.157. The van der Waals surface area contributed by atoms with E-state index in [2.05, 4.69) is 10.8 Å². The van der Waals surface area contributed by atoms with Gasteiger partial charge in [0.15, 0.2) is 0 Å². The predicted molar refractivity (Wildman–Crippen MR) is 14.3 cm³/mol. The molecule has 0 aromatic heterocycles. The summed E-state index contributed by atoms with van der Waals surface area (Å²) in [6, 6.07) is 0. The molecule has 7 heteroatoms. The van der Waals surface area contributed by atoms with E-state index in [-0.39, 0.29) is 5.34 Å². The fourth-order valence-corrected chi connectivity index (χ4v) is 0.0748. The smallest absolute Gasteiger partial charge is 0.0929 e. The van der Waals surface area contributed by atoms with Gasteiger partial charge in [0.05, 0.1) is 5.39 Å². The van der Waals surface area contributed by atoms with E-state index in [9.17, 15) is 0 Å². The van der Waals surface area contributed by atoms with E-state index in [1.807, 2.05) is 0 Å². The second-order valence-corrected chi connectivity index (χ2v) is 0.637. The molecule has 0 rings (SSSR count). The summed E-state index contributed by atoms with van der Waals surface area (Å²) >= 11 is 0. The lowest BCUT2D eigenvalue weighted by atomic mass is 12.6. The van der Waals surface area contributed by atoms with Gasteiger partial charge >= 0.3 is 0 Å². The average molecular weight is 111 g/mol. The van der Waals surface area contributed by atoms with Crippen molar-refractivity contribution in [2.75, 3.05) is 0 Å². The third-order valence-electron chi connectivity index (χ3n) is 0.157. The molecule has 0 atom stereocenters. The van der Waals surface area contributed by atoms with Crippen LogP contribution in [0.5, 0.6) is 0 Å². The normalized spacial score (nSPS) is 11.1. The lowest BCUT2D eigenvalue weighted by Crippen LogP contribution is -2.33. The quantitative estimate of drug-likeness (QED) is 0.253. The zero-order valence-corrected chi connectivity index (χ0v) is 3.22. The van der Waals surface area contributed by atoms with Crippen LogP contribution in [0.25, 0.3) is 0 Å². The summed E-state index contributed by atoms with van der Waals surface area (Å²) in [4.78, 5) is 3.36. The molecule has 0 fully saturated rings. The summed E-state index contributed by atoms with van der Waals surface area (Å²) in [7, 11) is 0. The Labute approximate surface area is 38.5 Å². The summed E-state index contributed by atoms with van der Waals surface area (Å²) in [5, 5.41) is 21.8. The number of rotatable bonds is 2. The van der Waals surface area contributed by atoms with Gasteiger partial charge in [-0.1, -0.05) is 0 Å². The standard InChI is InChI=1S/H5N3O4/c1-2(4)7-3(5)6/h4-6H,1H2. The minimum Gasteiger partial charge on any atom is -0.274 e. The van der Waals surface area contributed by atoms with E-state index in [4.69, 9.17) is 15.6 Å². The molecule has 7 nitrogen and oxygen atoms in total. The molecule has 0 heterocycles. The minimum absolute atomic E-state index is 0.375. The Morgan fingerprint density at radius 3 is 1.71 bits per heavy atom. The second-order valence-electron chi connectivity index (χ2n) is 0.637. The van der Waals surface area contributed by atoms with Crippen LogP contribution in [0.15, 0.2) is 0 Å². The number of hydrogen-bond donors (Lipinski definition) is 4. The maximum Gasteiger partial charge on any atom is 0.0929 e. The molecule has 44 valence electrons. The van der Waals surface area contributed by atoms with Gasteiger partial charge in [-0.05, 0) is 0 Å². The van der Waals surface area contributed by atoms with Gasteiger partial charge < -0.3 is 0 Å². The molecule has 0 aliphatic rings. The van der Waals surface area contributed by atoms with Crippen LogP contribution in [0.4, 0.5) is 0 Å². The van der Waals surface area contributed by atoms with Gasteiger partial charge in [-0.2, -0.15) is 0 Å². The van der Waals surface area contributed by atoms with Crippen LogP contribution in [0, 0.1) is 0 Å². The summed E-state index contributed by atoms with van der Waals surface area (Å²) in [5.74, 6) is 4.30. The van der Waals surface area contributed by atoms with Crippen LogP contribution >= 0.6 is 0 Å². The van der Waals surface area contributed by atoms with E-state index in [1.165, 1.54) is 0 Å². The van der Waals surface area contributed by atoms with Crippen LogP contribution in [0.2, 0.25) is 0 Å². The largest absolute Gasteiger partial charge is 0.274 e. The van der Waals surface area contributed by atoms with Gasteiger partial charge in [0.2, 0.25) is 0 Å². The summed E-state index contributed by atoms with van der Waals surface area (Å²) in [6.07, 6.45) is 0. The van der Waals surface area contributed by atoms with Crippen LogP contribution in [-0.4, -0.2) is 26.3 Å². The molecule has 0 aliphatic heterocycles. The topological polar surface area (TPSA) is 102 Å². The fourth-order valence-electron chi connectivity index (χ4n) is 0.0748. The fraction of sp³-hybridized carbons (Fsp3) is 0. The molecule has 0 radical (unpaired) electrons. The average Bonchev–Trinajstić information content (AvgIpc) is 1.27. The molecular weight excluding hydrogens is 106 g/mol. The van der Waals surface area contributed by atoms with E-state index in [0.717, 1.165) is 0 Å². The summed E-state index contributed by atoms with van der Waals surface area (Å²) in [6.45, 7) is 0. The van der Waals surface area contributed by atoms with Crippen molar-refractivity contribution in [2.24, 2.45) is 5.84 Å². The molecule has 5 N–H and O–H groups in total. The molecule has 0 unspecified atom stereocenters. The Morgan fingerprint density at radius 2 is 1.71 bits per heavy atom. The van der Waals surface area contributed by atoms with E-state index >= 15 is 0 Å². The first-order valence-electron chi connectivity index (χ1n) is 1.22. The zero-order chi connectivity index (χ0) is 5.86. The first-order valence-corrected chi connectivity index (χ1v) is 1.22. The van der Waals surface area contributed by atoms with E-state index in [1.54, 1.807) is 0 Å². The predicted octanol–water partition coefficient (Wildman–Crippen LogP) is -1.52. The highest BCUT2D eigenvalue weighted by atomic mass is 17.2. The molecule has 0 saturated heterocycles. The lowest BCUT2D eigenvalue weighted by Gasteiger charge is -2.07. The molecule has 0 aromatic carbocycles. The monoisotopic (exact) mass is 111 g/mol. The Morgan fingerprint density at radius 1 is 1.29 bits per heavy atom. The maximum atomic E-state index is 7.75. The second kappa shape index (κ2) is 2.82. The number of nitrogens with zero attached hydrogens (tertiary/aromatic N) is 2. The molecule has 0 aromatic rings. The van der Waals surface area contributed by atoms with Crippen molar-refractivity contribution >= 4 is 0 Å². The van der Waals surface area contributed by atoms with Gasteiger partial charge in [-0.25, -0.2) is 5.84 Å². The molecule has 7 heavy (non-hydrogen) atoms. The molecule has 0 spiro atoms. The van der Waals surface area contributed by atoms with Crippen molar-refractivity contribution in [3.8, 4) is 0 Å². The molecular formula is H5N3O4. The van der Waals surface area contributed by atoms with Gasteiger partial charge in [-0.15, -0.1) is 4.94 Å². The maximum absolute atomic E-state index is 7.75. The summed E-state index contributed by atoms with van der Waals surface area (Å²) < 4.78 is 0. The first-order chi connectivity index (χ1) is 3.13. The Balaban J connectivity index is 2.95. The SMILES string of the molecule is NN(O)ON(O)O. The highest BCUT2D eigenvalue weighted by molar-refractivity contribution is 3.60. The Hall–Kier alpha value is -0.280. The molecule has 0 aliphatic carbocycles. The minimum atomic E-state index is -0.750. The summed E-state index contributed by atoms with van der Waals surface area (Å²) in [5.41, 5.74) is 0. The van der Waals surface area contributed by atoms with Gasteiger partial charge in [0.1, 0.15) is 0 Å². The van der Waals surface area contributed by atoms with E-state index < -0.39 is 5.39 Å². The van der Waals surface area contributed by atoms with Crippen LogP contribution in [0.3, 0.4) is 0 Å². The van der Waals surface area contributed by atoms with E-state index in [0.29, 0.717) is 0 Å². The third kappa shape index (κ3) is 5.72. The first kappa shape index (κ1) is 6.72. The van der Waals surface area contributed by atoms with Crippen molar-refractivity contribution in [3.05, 3.63) is 0 Å². The van der Waals surface area contributed by atoms with Gasteiger partial charge in [0, 0.05) is 5.34 Å². The highest BCUT2D eigenvalue weighted by Crippen LogP contribution is 1.73. The zero-order valence-electron chi connectivity index (χ0n) is 3.22. The molecule has 0 bridgehead atoms. The number of hydrogen-bond acceptors (Lipinski definition) is 7. The molecule has 0 saturated carbocycles. The van der Waals surface area contributed by atoms with Crippen molar-refractivity contribution < 1.29 is 20.6 Å².